The van der Waals surface area contributed by atoms with Crippen LogP contribution in [-0.2, 0) is 0 Å². The molecule has 7 nitrogen and oxygen atoms in total. The average molecular weight is 453 g/mol. The van der Waals surface area contributed by atoms with E-state index in [9.17, 15) is 4.79 Å². The highest BCUT2D eigenvalue weighted by atomic mass is 16.2. The maximum Gasteiger partial charge on any atom is 0.254 e. The molecule has 0 unspecified atom stereocenters. The van der Waals surface area contributed by atoms with Crippen molar-refractivity contribution in [1.29, 1.82) is 0 Å². The molecular weight excluding hydrogens is 424 g/mol. The summed E-state index contributed by atoms with van der Waals surface area (Å²) in [5, 5.41) is 0.871. The Kier molecular flexibility index (Phi) is 5.92. The molecule has 34 heavy (non-hydrogen) atoms. The van der Waals surface area contributed by atoms with Gasteiger partial charge in [0.25, 0.3) is 5.91 Å². The van der Waals surface area contributed by atoms with E-state index in [4.69, 9.17) is 9.97 Å². The molecule has 0 saturated carbocycles. The molecule has 1 aromatic carbocycles. The smallest absolute Gasteiger partial charge is 0.254 e. The fraction of sp³-hybridized carbons (Fsp3) is 0.296. The summed E-state index contributed by atoms with van der Waals surface area (Å²) >= 11 is 0. The van der Waals surface area contributed by atoms with Gasteiger partial charge in [0.05, 0.1) is 16.8 Å². The van der Waals surface area contributed by atoms with E-state index in [0.717, 1.165) is 52.6 Å². The first-order valence-corrected chi connectivity index (χ1v) is 11.7. The number of aryl methyl sites for hydroxylation is 1. The molecule has 3 aromatic heterocycles. The number of para-hydroxylation sites is 1. The quantitative estimate of drug-likeness (QED) is 0.454. The third-order valence-corrected chi connectivity index (χ3v) is 6.17. The molecule has 0 atom stereocenters. The number of aromatic nitrogens is 4. The van der Waals surface area contributed by atoms with Crippen LogP contribution in [0.15, 0.2) is 60.9 Å². The van der Waals surface area contributed by atoms with E-state index in [-0.39, 0.29) is 11.8 Å². The average Bonchev–Trinajstić information content (AvgIpc) is 2.88. The second-order valence-corrected chi connectivity index (χ2v) is 8.97. The van der Waals surface area contributed by atoms with Gasteiger partial charge in [0, 0.05) is 67.2 Å². The zero-order valence-corrected chi connectivity index (χ0v) is 19.8. The lowest BCUT2D eigenvalue weighted by Gasteiger charge is -2.36. The topological polar surface area (TPSA) is 75.1 Å². The molecule has 1 fully saturated rings. The molecular formula is C27H28N6O. The second-order valence-electron chi connectivity index (χ2n) is 8.97. The molecule has 0 N–H and O–H groups in total. The maximum atomic E-state index is 13.7. The largest absolute Gasteiger partial charge is 0.353 e. The summed E-state index contributed by atoms with van der Waals surface area (Å²) in [4.78, 5) is 36.2. The van der Waals surface area contributed by atoms with Gasteiger partial charge in [0.2, 0.25) is 0 Å². The van der Waals surface area contributed by atoms with Gasteiger partial charge in [0.1, 0.15) is 11.6 Å². The van der Waals surface area contributed by atoms with Crippen LogP contribution in [0.2, 0.25) is 0 Å². The van der Waals surface area contributed by atoms with Crippen LogP contribution in [0.5, 0.6) is 0 Å². The lowest BCUT2D eigenvalue weighted by molar-refractivity contribution is 0.0748. The molecule has 1 aliphatic rings. The minimum atomic E-state index is 0.0325. The van der Waals surface area contributed by atoms with Gasteiger partial charge in [-0.25, -0.2) is 15.0 Å². The van der Waals surface area contributed by atoms with Crippen molar-refractivity contribution >= 4 is 22.6 Å². The Morgan fingerprint density at radius 2 is 1.74 bits per heavy atom. The van der Waals surface area contributed by atoms with E-state index in [1.54, 1.807) is 12.4 Å². The number of piperazine rings is 1. The number of benzene rings is 1. The third kappa shape index (κ3) is 4.33. The van der Waals surface area contributed by atoms with Crippen molar-refractivity contribution in [3.63, 3.8) is 0 Å². The second kappa shape index (κ2) is 9.17. The molecule has 0 aliphatic carbocycles. The molecule has 0 spiro atoms. The van der Waals surface area contributed by atoms with E-state index in [1.165, 1.54) is 0 Å². The van der Waals surface area contributed by atoms with Crippen LogP contribution >= 0.6 is 0 Å². The molecule has 172 valence electrons. The SMILES string of the molecule is Cc1cc(N2CCN(C(=O)c3cc(-c4cccnc4)nc4ccccc34)CC2)nc(C(C)C)n1. The molecule has 7 heteroatoms. The number of anilines is 1. The van der Waals surface area contributed by atoms with Crippen molar-refractivity contribution < 1.29 is 4.79 Å². The van der Waals surface area contributed by atoms with Gasteiger partial charge in [-0.2, -0.15) is 0 Å². The van der Waals surface area contributed by atoms with Crippen LogP contribution in [0.25, 0.3) is 22.2 Å². The molecule has 0 bridgehead atoms. The number of carbonyl (C=O) groups is 1. The first kappa shape index (κ1) is 21.9. The van der Waals surface area contributed by atoms with E-state index in [1.807, 2.05) is 60.4 Å². The van der Waals surface area contributed by atoms with E-state index < -0.39 is 0 Å². The van der Waals surface area contributed by atoms with Crippen molar-refractivity contribution in [2.75, 3.05) is 31.1 Å². The zero-order chi connectivity index (χ0) is 23.7. The standard InChI is InChI=1S/C27H28N6O/c1-18(2)26-29-19(3)15-25(31-26)32-11-13-33(14-12-32)27(34)22-16-24(20-7-6-10-28-17-20)30-23-9-5-4-8-21(22)23/h4-10,15-18H,11-14H2,1-3H3. The summed E-state index contributed by atoms with van der Waals surface area (Å²) in [6.07, 6.45) is 3.51. The minimum Gasteiger partial charge on any atom is -0.353 e. The summed E-state index contributed by atoms with van der Waals surface area (Å²) < 4.78 is 0. The van der Waals surface area contributed by atoms with Gasteiger partial charge in [-0.1, -0.05) is 32.0 Å². The fourth-order valence-electron chi connectivity index (χ4n) is 4.32. The number of pyridine rings is 2. The van der Waals surface area contributed by atoms with Gasteiger partial charge < -0.3 is 9.80 Å². The molecule has 5 rings (SSSR count). The van der Waals surface area contributed by atoms with Gasteiger partial charge in [-0.3, -0.25) is 9.78 Å². The number of hydrogen-bond acceptors (Lipinski definition) is 6. The number of rotatable bonds is 4. The van der Waals surface area contributed by atoms with Crippen molar-refractivity contribution in [3.05, 3.63) is 78.0 Å². The number of nitrogens with zero attached hydrogens (tertiary/aromatic N) is 6. The summed E-state index contributed by atoms with van der Waals surface area (Å²) in [6.45, 7) is 8.96. The minimum absolute atomic E-state index is 0.0325. The monoisotopic (exact) mass is 452 g/mol. The zero-order valence-electron chi connectivity index (χ0n) is 19.8. The van der Waals surface area contributed by atoms with Crippen LogP contribution in [0, 0.1) is 6.92 Å². The van der Waals surface area contributed by atoms with E-state index in [0.29, 0.717) is 18.7 Å². The van der Waals surface area contributed by atoms with Crippen LogP contribution < -0.4 is 4.90 Å². The lowest BCUT2D eigenvalue weighted by Crippen LogP contribution is -2.49. The predicted octanol–water partition coefficient (Wildman–Crippen LogP) is 4.48. The van der Waals surface area contributed by atoms with Gasteiger partial charge in [-0.15, -0.1) is 0 Å². The third-order valence-electron chi connectivity index (χ3n) is 6.17. The number of fused-ring (bicyclic) bond motifs is 1. The highest BCUT2D eigenvalue weighted by Crippen LogP contribution is 2.26. The number of amides is 1. The van der Waals surface area contributed by atoms with Crippen molar-refractivity contribution in [2.24, 2.45) is 0 Å². The first-order chi connectivity index (χ1) is 16.5. The summed E-state index contributed by atoms with van der Waals surface area (Å²) in [6, 6.07) is 15.6. The van der Waals surface area contributed by atoms with E-state index in [2.05, 4.69) is 28.7 Å². The Morgan fingerprint density at radius 3 is 2.47 bits per heavy atom. The number of carbonyl (C=O) groups excluding carboxylic acids is 1. The Balaban J connectivity index is 1.40. The highest BCUT2D eigenvalue weighted by molar-refractivity contribution is 6.07. The molecule has 1 aliphatic heterocycles. The first-order valence-electron chi connectivity index (χ1n) is 11.7. The Bertz CT molecular complexity index is 1330. The van der Waals surface area contributed by atoms with Crippen LogP contribution in [0.4, 0.5) is 5.82 Å². The molecule has 1 amide bonds. The number of hydrogen-bond donors (Lipinski definition) is 0. The van der Waals surface area contributed by atoms with Crippen molar-refractivity contribution in [2.45, 2.75) is 26.7 Å². The molecule has 4 heterocycles. The summed E-state index contributed by atoms with van der Waals surface area (Å²) in [5.41, 5.74) is 4.11. The Hall–Kier alpha value is -3.87. The molecule has 4 aromatic rings. The summed E-state index contributed by atoms with van der Waals surface area (Å²) in [5.74, 6) is 2.11. The predicted molar refractivity (Wildman–Crippen MR) is 134 cm³/mol. The Labute approximate surface area is 199 Å². The van der Waals surface area contributed by atoms with Crippen molar-refractivity contribution in [3.8, 4) is 11.3 Å². The van der Waals surface area contributed by atoms with Crippen molar-refractivity contribution in [1.82, 2.24) is 24.8 Å². The van der Waals surface area contributed by atoms with Crippen LogP contribution in [-0.4, -0.2) is 56.9 Å². The highest BCUT2D eigenvalue weighted by Gasteiger charge is 2.25. The fourth-order valence-corrected chi connectivity index (χ4v) is 4.32. The van der Waals surface area contributed by atoms with Gasteiger partial charge >= 0.3 is 0 Å². The lowest BCUT2D eigenvalue weighted by atomic mass is 10.0. The van der Waals surface area contributed by atoms with Crippen LogP contribution in [0.1, 0.15) is 41.6 Å². The molecule has 0 radical (unpaired) electrons. The van der Waals surface area contributed by atoms with E-state index >= 15 is 0 Å². The summed E-state index contributed by atoms with van der Waals surface area (Å²) in [7, 11) is 0. The van der Waals surface area contributed by atoms with Gasteiger partial charge in [0.15, 0.2) is 0 Å². The normalized spacial score (nSPS) is 14.1. The molecule has 1 saturated heterocycles. The van der Waals surface area contributed by atoms with Crippen LogP contribution in [0.3, 0.4) is 0 Å². The maximum absolute atomic E-state index is 13.7. The van der Waals surface area contributed by atoms with Gasteiger partial charge in [-0.05, 0) is 31.2 Å². The Morgan fingerprint density at radius 1 is 0.941 bits per heavy atom.